The van der Waals surface area contributed by atoms with Gasteiger partial charge in [0.25, 0.3) is 0 Å². The molecule has 8 heteroatoms. The zero-order valence-electron chi connectivity index (χ0n) is 13.6. The molecule has 1 saturated carbocycles. The molecule has 3 rings (SSSR count). The predicted octanol–water partition coefficient (Wildman–Crippen LogP) is 1.71. The van der Waals surface area contributed by atoms with Crippen LogP contribution in [0.25, 0.3) is 0 Å². The van der Waals surface area contributed by atoms with Crippen molar-refractivity contribution < 1.29 is 9.53 Å². The molecule has 2 aromatic rings. The molecule has 2 N–H and O–H groups in total. The van der Waals surface area contributed by atoms with Crippen molar-refractivity contribution in [2.75, 3.05) is 7.11 Å². The molecule has 0 spiro atoms. The van der Waals surface area contributed by atoms with E-state index in [1.54, 1.807) is 18.6 Å². The number of para-hydroxylation sites is 1. The van der Waals surface area contributed by atoms with E-state index in [0.29, 0.717) is 11.7 Å². The van der Waals surface area contributed by atoms with E-state index < -0.39 is 0 Å². The first kappa shape index (κ1) is 16.6. The van der Waals surface area contributed by atoms with Gasteiger partial charge < -0.3 is 10.1 Å². The van der Waals surface area contributed by atoms with Crippen LogP contribution in [0.1, 0.15) is 31.4 Å². The summed E-state index contributed by atoms with van der Waals surface area (Å²) in [7, 11) is 1.61. The lowest BCUT2D eigenvalue weighted by molar-refractivity contribution is -0.120. The summed E-state index contributed by atoms with van der Waals surface area (Å²) < 4.78 is 6.92. The number of methoxy groups -OCH3 is 1. The smallest absolute Gasteiger partial charge is 0.344 e. The van der Waals surface area contributed by atoms with Gasteiger partial charge in [-0.2, -0.15) is 0 Å². The molecule has 0 radical (unpaired) electrons. The third-order valence-corrected chi connectivity index (χ3v) is 4.95. The van der Waals surface area contributed by atoms with Crippen LogP contribution in [0.4, 0.5) is 0 Å². The Balaban J connectivity index is 1.60. The van der Waals surface area contributed by atoms with E-state index in [4.69, 9.17) is 4.74 Å². The van der Waals surface area contributed by atoms with Gasteiger partial charge in [0, 0.05) is 18.2 Å². The fourth-order valence-corrected chi connectivity index (χ4v) is 3.37. The Morgan fingerprint density at radius 1 is 1.50 bits per heavy atom. The molecule has 1 aliphatic rings. The van der Waals surface area contributed by atoms with Gasteiger partial charge in [0.05, 0.1) is 12.4 Å². The summed E-state index contributed by atoms with van der Waals surface area (Å²) in [6.45, 7) is 2.20. The van der Waals surface area contributed by atoms with Crippen LogP contribution >= 0.6 is 11.8 Å². The average molecular weight is 348 g/mol. The number of thioether (sulfide) groups is 1. The number of ether oxygens (including phenoxy) is 1. The number of amides is 1. The Labute approximate surface area is 143 Å². The first-order valence-corrected chi connectivity index (χ1v) is 8.71. The first-order valence-electron chi connectivity index (χ1n) is 7.83. The van der Waals surface area contributed by atoms with Crippen molar-refractivity contribution in [3.05, 3.63) is 40.3 Å². The van der Waals surface area contributed by atoms with Gasteiger partial charge >= 0.3 is 5.69 Å². The van der Waals surface area contributed by atoms with Gasteiger partial charge in [0.2, 0.25) is 5.91 Å². The normalized spacial score (nSPS) is 15.1. The molecule has 0 saturated heterocycles. The van der Waals surface area contributed by atoms with Crippen LogP contribution in [0.15, 0.2) is 34.2 Å². The number of hydrogen-bond acceptors (Lipinski definition) is 5. The number of benzene rings is 1. The maximum Gasteiger partial charge on any atom is 0.344 e. The lowest BCUT2D eigenvalue weighted by atomic mass is 10.2. The van der Waals surface area contributed by atoms with Crippen molar-refractivity contribution >= 4 is 17.7 Å². The number of aromatic nitrogens is 3. The number of carbonyl (C=O) groups is 1. The summed E-state index contributed by atoms with van der Waals surface area (Å²) in [5, 5.41) is 9.61. The number of carbonyl (C=O) groups excluding carboxylic acids is 1. The number of nitrogens with one attached hydrogen (secondary N) is 2. The van der Waals surface area contributed by atoms with Crippen molar-refractivity contribution in [2.24, 2.45) is 0 Å². The zero-order chi connectivity index (χ0) is 17.1. The minimum Gasteiger partial charge on any atom is -0.496 e. The van der Waals surface area contributed by atoms with Gasteiger partial charge in [0.15, 0.2) is 5.16 Å². The van der Waals surface area contributed by atoms with Crippen LogP contribution < -0.4 is 15.7 Å². The Hall–Kier alpha value is -2.22. The number of rotatable bonds is 7. The quantitative estimate of drug-likeness (QED) is 0.744. The largest absolute Gasteiger partial charge is 0.496 e. The highest BCUT2D eigenvalue weighted by Crippen LogP contribution is 2.36. The molecule has 24 heavy (non-hydrogen) atoms. The van der Waals surface area contributed by atoms with E-state index in [-0.39, 0.29) is 22.9 Å². The topological polar surface area (TPSA) is 89.0 Å². The van der Waals surface area contributed by atoms with Gasteiger partial charge in [-0.15, -0.1) is 5.10 Å². The minimum absolute atomic E-state index is 0.108. The molecular formula is C16H20N4O3S. The average Bonchev–Trinajstić information content (AvgIpc) is 3.36. The van der Waals surface area contributed by atoms with E-state index in [0.717, 1.165) is 24.2 Å². The summed E-state index contributed by atoms with van der Waals surface area (Å²) in [6, 6.07) is 7.78. The highest BCUT2D eigenvalue weighted by atomic mass is 32.2. The fourth-order valence-electron chi connectivity index (χ4n) is 2.41. The molecule has 128 valence electrons. The third kappa shape index (κ3) is 3.64. The molecule has 0 unspecified atom stereocenters. The summed E-state index contributed by atoms with van der Waals surface area (Å²) in [6.07, 6.45) is 1.97. The van der Waals surface area contributed by atoms with E-state index >= 15 is 0 Å². The molecule has 1 aromatic heterocycles. The molecule has 1 aliphatic carbocycles. The third-order valence-electron chi connectivity index (χ3n) is 3.88. The second-order valence-electron chi connectivity index (χ2n) is 5.70. The zero-order valence-corrected chi connectivity index (χ0v) is 14.4. The summed E-state index contributed by atoms with van der Waals surface area (Å²) in [5.41, 5.74) is 0.710. The molecule has 7 nitrogen and oxygen atoms in total. The molecule has 1 fully saturated rings. The number of nitrogens with zero attached hydrogens (tertiary/aromatic N) is 2. The van der Waals surface area contributed by atoms with Gasteiger partial charge in [-0.1, -0.05) is 30.0 Å². The molecular weight excluding hydrogens is 328 g/mol. The predicted molar refractivity (Wildman–Crippen MR) is 91.3 cm³/mol. The van der Waals surface area contributed by atoms with E-state index in [9.17, 15) is 9.59 Å². The summed E-state index contributed by atoms with van der Waals surface area (Å²) >= 11 is 1.29. The van der Waals surface area contributed by atoms with E-state index in [2.05, 4.69) is 15.5 Å². The highest BCUT2D eigenvalue weighted by molar-refractivity contribution is 8.00. The monoisotopic (exact) mass is 348 g/mol. The lowest BCUT2D eigenvalue weighted by Gasteiger charge is -2.13. The van der Waals surface area contributed by atoms with Gasteiger partial charge in [-0.3, -0.25) is 9.36 Å². The van der Waals surface area contributed by atoms with Crippen molar-refractivity contribution in [3.8, 4) is 5.75 Å². The highest BCUT2D eigenvalue weighted by Gasteiger charge is 2.30. The number of aromatic amines is 1. The molecule has 1 atom stereocenters. The number of hydrogen-bond donors (Lipinski definition) is 2. The van der Waals surface area contributed by atoms with Crippen molar-refractivity contribution in [3.63, 3.8) is 0 Å². The Morgan fingerprint density at radius 3 is 2.96 bits per heavy atom. The van der Waals surface area contributed by atoms with Crippen molar-refractivity contribution in [1.29, 1.82) is 0 Å². The van der Waals surface area contributed by atoms with Crippen LogP contribution in [0.2, 0.25) is 0 Å². The Morgan fingerprint density at radius 2 is 2.25 bits per heavy atom. The first-order chi connectivity index (χ1) is 11.6. The van der Waals surface area contributed by atoms with Crippen molar-refractivity contribution in [1.82, 2.24) is 20.1 Å². The molecule has 1 heterocycles. The second kappa shape index (κ2) is 7.12. The lowest BCUT2D eigenvalue weighted by Crippen LogP contribution is -2.31. The maximum absolute atomic E-state index is 12.3. The van der Waals surface area contributed by atoms with Crippen LogP contribution in [-0.4, -0.2) is 33.0 Å². The number of H-pyrrole nitrogens is 1. The Kier molecular flexibility index (Phi) is 4.94. The van der Waals surface area contributed by atoms with Crippen LogP contribution in [0, 0.1) is 0 Å². The molecule has 0 bridgehead atoms. The van der Waals surface area contributed by atoms with Crippen LogP contribution in [0.5, 0.6) is 5.75 Å². The van der Waals surface area contributed by atoms with Crippen LogP contribution in [-0.2, 0) is 11.3 Å². The SMILES string of the molecule is COc1ccccc1CNC(=O)[C@H](C)Sc1n[nH]c(=O)n1C1CC1. The van der Waals surface area contributed by atoms with Gasteiger partial charge in [-0.05, 0) is 25.8 Å². The Bertz CT molecular complexity index is 782. The molecule has 1 amide bonds. The summed E-state index contributed by atoms with van der Waals surface area (Å²) in [4.78, 5) is 24.1. The fraction of sp³-hybridized carbons (Fsp3) is 0.438. The summed E-state index contributed by atoms with van der Waals surface area (Å²) in [5.74, 6) is 0.636. The standard InChI is InChI=1S/C16H20N4O3S/c1-10(24-16-19-18-15(22)20(16)12-7-8-12)14(21)17-9-11-5-3-4-6-13(11)23-2/h3-6,10,12H,7-9H2,1-2H3,(H,17,21)(H,18,22)/t10-/m0/s1. The molecule has 0 aliphatic heterocycles. The minimum atomic E-state index is -0.354. The second-order valence-corrected chi connectivity index (χ2v) is 7.01. The van der Waals surface area contributed by atoms with E-state index in [1.807, 2.05) is 24.3 Å². The van der Waals surface area contributed by atoms with Gasteiger partial charge in [0.1, 0.15) is 5.75 Å². The van der Waals surface area contributed by atoms with Crippen LogP contribution in [0.3, 0.4) is 0 Å². The maximum atomic E-state index is 12.3. The molecule has 1 aromatic carbocycles. The van der Waals surface area contributed by atoms with Crippen molar-refractivity contribution in [2.45, 2.75) is 42.8 Å². The van der Waals surface area contributed by atoms with E-state index in [1.165, 1.54) is 11.8 Å². The van der Waals surface area contributed by atoms with Gasteiger partial charge in [-0.25, -0.2) is 9.89 Å².